The number of halogens is 1. The summed E-state index contributed by atoms with van der Waals surface area (Å²) < 4.78 is 15.4. The van der Waals surface area contributed by atoms with Crippen LogP contribution in [0.1, 0.15) is 11.3 Å². The summed E-state index contributed by atoms with van der Waals surface area (Å²) in [5, 5.41) is 5.26. The average molecular weight is 251 g/mol. The largest absolute Gasteiger partial charge is 0.396 e. The second-order valence-corrected chi connectivity index (χ2v) is 4.85. The van der Waals surface area contributed by atoms with Gasteiger partial charge in [-0.05, 0) is 19.1 Å². The van der Waals surface area contributed by atoms with Crippen LogP contribution in [0.25, 0.3) is 0 Å². The maximum absolute atomic E-state index is 13.6. The van der Waals surface area contributed by atoms with E-state index in [0.29, 0.717) is 11.3 Å². The molecule has 0 saturated heterocycles. The van der Waals surface area contributed by atoms with Crippen LogP contribution in [0.3, 0.4) is 0 Å². The van der Waals surface area contributed by atoms with E-state index in [9.17, 15) is 4.39 Å². The molecule has 0 fully saturated rings. The molecule has 0 radical (unpaired) electrons. The fourth-order valence-corrected chi connectivity index (χ4v) is 2.59. The number of anilines is 1. The van der Waals surface area contributed by atoms with Crippen LogP contribution < -0.4 is 5.73 Å². The van der Waals surface area contributed by atoms with Gasteiger partial charge in [-0.3, -0.25) is 4.68 Å². The number of hydrogen-bond donors (Lipinski definition) is 1. The van der Waals surface area contributed by atoms with Crippen LogP contribution in [0.4, 0.5) is 10.1 Å². The molecule has 0 bridgehead atoms. The highest BCUT2D eigenvalue weighted by molar-refractivity contribution is 7.98. The first-order chi connectivity index (χ1) is 8.08. The van der Waals surface area contributed by atoms with Gasteiger partial charge in [-0.25, -0.2) is 4.39 Å². The molecule has 0 aliphatic rings. The van der Waals surface area contributed by atoms with Crippen molar-refractivity contribution >= 4 is 17.4 Å². The van der Waals surface area contributed by atoms with Gasteiger partial charge in [-0.15, -0.1) is 11.8 Å². The Labute approximate surface area is 104 Å². The zero-order chi connectivity index (χ0) is 12.4. The van der Waals surface area contributed by atoms with Gasteiger partial charge in [-0.1, -0.05) is 12.1 Å². The highest BCUT2D eigenvalue weighted by Gasteiger charge is 2.08. The maximum Gasteiger partial charge on any atom is 0.150 e. The summed E-state index contributed by atoms with van der Waals surface area (Å²) in [4.78, 5) is 0. The van der Waals surface area contributed by atoms with Crippen molar-refractivity contribution in [2.45, 2.75) is 17.7 Å². The number of rotatable bonds is 3. The molecule has 1 heterocycles. The molecule has 0 amide bonds. The van der Waals surface area contributed by atoms with E-state index in [1.54, 1.807) is 34.6 Å². The molecule has 2 N–H and O–H groups in total. The van der Waals surface area contributed by atoms with Gasteiger partial charge in [0.15, 0.2) is 0 Å². The third-order valence-electron chi connectivity index (χ3n) is 2.44. The number of benzene rings is 1. The molecule has 0 aliphatic heterocycles. The molecular weight excluding hydrogens is 237 g/mol. The van der Waals surface area contributed by atoms with Crippen LogP contribution in [0.15, 0.2) is 29.3 Å². The summed E-state index contributed by atoms with van der Waals surface area (Å²) in [5.41, 5.74) is 7.30. The Morgan fingerprint density at radius 2 is 2.24 bits per heavy atom. The molecule has 2 aromatic rings. The summed E-state index contributed by atoms with van der Waals surface area (Å²) in [7, 11) is 1.88. The normalized spacial score (nSPS) is 10.8. The molecule has 1 aromatic carbocycles. The molecule has 0 saturated carbocycles. The van der Waals surface area contributed by atoms with Crippen molar-refractivity contribution in [1.82, 2.24) is 9.78 Å². The lowest BCUT2D eigenvalue weighted by Crippen LogP contribution is -1.96. The van der Waals surface area contributed by atoms with E-state index in [2.05, 4.69) is 5.10 Å². The lowest BCUT2D eigenvalue weighted by Gasteiger charge is -2.05. The fourth-order valence-electron chi connectivity index (χ4n) is 1.58. The van der Waals surface area contributed by atoms with Crippen molar-refractivity contribution in [2.24, 2.45) is 7.05 Å². The van der Waals surface area contributed by atoms with E-state index in [4.69, 9.17) is 5.73 Å². The Kier molecular flexibility index (Phi) is 3.38. The van der Waals surface area contributed by atoms with Gasteiger partial charge in [0.2, 0.25) is 0 Å². The van der Waals surface area contributed by atoms with Crippen LogP contribution in [-0.2, 0) is 12.8 Å². The third-order valence-corrected chi connectivity index (χ3v) is 3.58. The van der Waals surface area contributed by atoms with Crippen LogP contribution in [-0.4, -0.2) is 9.78 Å². The van der Waals surface area contributed by atoms with Gasteiger partial charge in [0.1, 0.15) is 5.82 Å². The zero-order valence-corrected chi connectivity index (χ0v) is 10.6. The zero-order valence-electron chi connectivity index (χ0n) is 9.77. The fraction of sp³-hybridized carbons (Fsp3) is 0.250. The van der Waals surface area contributed by atoms with E-state index < -0.39 is 0 Å². The van der Waals surface area contributed by atoms with Crippen molar-refractivity contribution in [1.29, 1.82) is 0 Å². The van der Waals surface area contributed by atoms with Gasteiger partial charge in [-0.2, -0.15) is 5.10 Å². The summed E-state index contributed by atoms with van der Waals surface area (Å²) in [6.07, 6.45) is 0. The van der Waals surface area contributed by atoms with Crippen molar-refractivity contribution in [3.05, 3.63) is 41.3 Å². The molecule has 3 nitrogen and oxygen atoms in total. The molecule has 0 spiro atoms. The van der Waals surface area contributed by atoms with Crippen molar-refractivity contribution in [2.75, 3.05) is 5.73 Å². The number of nitrogen functional groups attached to an aromatic ring is 1. The Hall–Kier alpha value is -1.49. The topological polar surface area (TPSA) is 43.8 Å². The SMILES string of the molecule is Cc1cc(SCc2cccc(N)c2F)n(C)n1. The summed E-state index contributed by atoms with van der Waals surface area (Å²) >= 11 is 1.55. The monoisotopic (exact) mass is 251 g/mol. The van der Waals surface area contributed by atoms with Gasteiger partial charge >= 0.3 is 0 Å². The maximum atomic E-state index is 13.6. The molecule has 0 unspecified atom stereocenters. The molecule has 2 rings (SSSR count). The standard InChI is InChI=1S/C12H14FN3S/c1-8-6-11(16(2)15-8)17-7-9-4-3-5-10(14)12(9)13/h3-6H,7,14H2,1-2H3. The predicted molar refractivity (Wildman–Crippen MR) is 68.3 cm³/mol. The Morgan fingerprint density at radius 3 is 2.88 bits per heavy atom. The lowest BCUT2D eigenvalue weighted by molar-refractivity contribution is 0.622. The first-order valence-electron chi connectivity index (χ1n) is 5.24. The predicted octanol–water partition coefficient (Wildman–Crippen LogP) is 2.74. The van der Waals surface area contributed by atoms with Gasteiger partial charge in [0.05, 0.1) is 16.4 Å². The Bertz CT molecular complexity index is 537. The van der Waals surface area contributed by atoms with Crippen molar-refractivity contribution in [3.8, 4) is 0 Å². The van der Waals surface area contributed by atoms with Crippen LogP contribution in [0.2, 0.25) is 0 Å². The quantitative estimate of drug-likeness (QED) is 0.674. The van der Waals surface area contributed by atoms with E-state index in [1.807, 2.05) is 20.0 Å². The molecule has 90 valence electrons. The van der Waals surface area contributed by atoms with Crippen LogP contribution >= 0.6 is 11.8 Å². The van der Waals surface area contributed by atoms with E-state index >= 15 is 0 Å². The second kappa shape index (κ2) is 4.79. The number of hydrogen-bond acceptors (Lipinski definition) is 3. The first-order valence-corrected chi connectivity index (χ1v) is 6.23. The average Bonchev–Trinajstić information content (AvgIpc) is 2.60. The summed E-state index contributed by atoms with van der Waals surface area (Å²) in [5.74, 6) is 0.231. The first kappa shape index (κ1) is 12.0. The molecule has 0 aliphatic carbocycles. The van der Waals surface area contributed by atoms with Gasteiger partial charge in [0, 0.05) is 18.4 Å². The highest BCUT2D eigenvalue weighted by Crippen LogP contribution is 2.25. The lowest BCUT2D eigenvalue weighted by atomic mass is 10.2. The van der Waals surface area contributed by atoms with E-state index in [0.717, 1.165) is 10.7 Å². The summed E-state index contributed by atoms with van der Waals surface area (Å²) in [6, 6.07) is 7.07. The Morgan fingerprint density at radius 1 is 1.47 bits per heavy atom. The smallest absolute Gasteiger partial charge is 0.150 e. The van der Waals surface area contributed by atoms with E-state index in [1.165, 1.54) is 0 Å². The van der Waals surface area contributed by atoms with Crippen LogP contribution in [0.5, 0.6) is 0 Å². The van der Waals surface area contributed by atoms with Crippen LogP contribution in [0, 0.1) is 12.7 Å². The second-order valence-electron chi connectivity index (χ2n) is 3.86. The minimum Gasteiger partial charge on any atom is -0.396 e. The third kappa shape index (κ3) is 2.61. The number of thioether (sulfide) groups is 1. The van der Waals surface area contributed by atoms with Crippen molar-refractivity contribution < 1.29 is 4.39 Å². The molecule has 0 atom stereocenters. The molecule has 5 heteroatoms. The van der Waals surface area contributed by atoms with E-state index in [-0.39, 0.29) is 11.5 Å². The van der Waals surface area contributed by atoms with Gasteiger partial charge in [0.25, 0.3) is 0 Å². The minimum atomic E-state index is -0.320. The number of nitrogens with zero attached hydrogens (tertiary/aromatic N) is 2. The summed E-state index contributed by atoms with van der Waals surface area (Å²) in [6.45, 7) is 1.94. The van der Waals surface area contributed by atoms with Gasteiger partial charge < -0.3 is 5.73 Å². The Balaban J connectivity index is 2.12. The molecule has 1 aromatic heterocycles. The molecular formula is C12H14FN3S. The highest BCUT2D eigenvalue weighted by atomic mass is 32.2. The molecule has 17 heavy (non-hydrogen) atoms. The number of nitrogens with two attached hydrogens (primary N) is 1. The van der Waals surface area contributed by atoms with Crippen molar-refractivity contribution in [3.63, 3.8) is 0 Å². The minimum absolute atomic E-state index is 0.198. The number of aromatic nitrogens is 2. The number of aryl methyl sites for hydroxylation is 2.